The van der Waals surface area contributed by atoms with Gasteiger partial charge in [-0.2, -0.15) is 15.6 Å². The summed E-state index contributed by atoms with van der Waals surface area (Å²) in [4.78, 5) is 3.38. The SMILES string of the molecule is [2H]c1nc([2H])n(Cc2c([2H])c(C(C#N)(C([2H])([2H])[2H])C([2H])([2H])[2H])c([2H])c(C(C#N)(C([2H])([2H])[2H])C([2H])([2H])[2H])c2[2H])n1. The van der Waals surface area contributed by atoms with Crippen LogP contribution in [0.1, 0.15) is 67.4 Å². The van der Waals surface area contributed by atoms with Crippen molar-refractivity contribution in [3.8, 4) is 12.1 Å². The Morgan fingerprint density at radius 2 is 1.73 bits per heavy atom. The van der Waals surface area contributed by atoms with Gasteiger partial charge in [-0.25, -0.2) is 9.67 Å². The Morgan fingerprint density at radius 3 is 2.14 bits per heavy atom. The third-order valence-electron chi connectivity index (χ3n) is 2.58. The first-order chi connectivity index (χ1) is 17.4. The van der Waals surface area contributed by atoms with E-state index in [1.807, 2.05) is 0 Å². The summed E-state index contributed by atoms with van der Waals surface area (Å²) < 4.78 is 136. The van der Waals surface area contributed by atoms with Gasteiger partial charge in [-0.05, 0) is 44.1 Å². The molecule has 1 aromatic carbocycles. The van der Waals surface area contributed by atoms with Crippen LogP contribution < -0.4 is 0 Å². The summed E-state index contributed by atoms with van der Waals surface area (Å²) in [6.45, 7) is -16.3. The molecule has 0 unspecified atom stereocenters. The average molecular weight is 310 g/mol. The molecule has 5 heteroatoms. The van der Waals surface area contributed by atoms with Crippen LogP contribution in [0.2, 0.25) is 0 Å². The Hall–Kier alpha value is -2.66. The molecular formula is C17H19N5. The van der Waals surface area contributed by atoms with Crippen molar-refractivity contribution in [1.29, 1.82) is 10.5 Å². The van der Waals surface area contributed by atoms with Crippen LogP contribution in [0.3, 0.4) is 0 Å². The molecule has 1 aromatic heterocycles. The molecule has 1 heterocycles. The number of nitriles is 2. The van der Waals surface area contributed by atoms with Crippen LogP contribution in [-0.4, -0.2) is 14.8 Å². The van der Waals surface area contributed by atoms with E-state index in [4.69, 9.17) is 23.3 Å². The van der Waals surface area contributed by atoms with Crippen LogP contribution in [0.25, 0.3) is 0 Å². The van der Waals surface area contributed by atoms with Crippen molar-refractivity contribution >= 4 is 0 Å². The van der Waals surface area contributed by atoms with Gasteiger partial charge in [0.15, 0.2) is 0 Å². The van der Waals surface area contributed by atoms with Crippen molar-refractivity contribution in [2.24, 2.45) is 0 Å². The van der Waals surface area contributed by atoms with E-state index < -0.39 is 92.2 Å². The molecule has 0 bridgehead atoms. The summed E-state index contributed by atoms with van der Waals surface area (Å²) in [6, 6.07) is -1.87. The minimum Gasteiger partial charge on any atom is -0.249 e. The molecule has 0 atom stereocenters. The lowest BCUT2D eigenvalue weighted by Gasteiger charge is -2.23. The van der Waals surface area contributed by atoms with Gasteiger partial charge in [0.1, 0.15) is 15.3 Å². The highest BCUT2D eigenvalue weighted by Gasteiger charge is 2.26. The largest absolute Gasteiger partial charge is 0.249 e. The normalized spacial score (nSPS) is 25.3. The lowest BCUT2D eigenvalue weighted by atomic mass is 9.79. The zero-order valence-corrected chi connectivity index (χ0v) is 10.9. The lowest BCUT2D eigenvalue weighted by Crippen LogP contribution is -2.20. The van der Waals surface area contributed by atoms with E-state index in [-0.39, 0.29) is 0 Å². The van der Waals surface area contributed by atoms with Gasteiger partial charge in [-0.15, -0.1) is 0 Å². The van der Waals surface area contributed by atoms with Crippen LogP contribution in [-0.2, 0) is 17.4 Å². The third kappa shape index (κ3) is 3.15. The van der Waals surface area contributed by atoms with Gasteiger partial charge in [0, 0.05) is 16.4 Å². The minimum absolute atomic E-state index is 0.572. The predicted octanol–water partition coefficient (Wildman–Crippen LogP) is 2.93. The van der Waals surface area contributed by atoms with Crippen molar-refractivity contribution in [1.82, 2.24) is 14.8 Å². The van der Waals surface area contributed by atoms with Gasteiger partial charge < -0.3 is 0 Å². The maximum absolute atomic E-state index is 9.96. The fourth-order valence-electron chi connectivity index (χ4n) is 1.49. The molecule has 0 aliphatic heterocycles. The average Bonchev–Trinajstić information content (AvgIpc) is 3.04. The van der Waals surface area contributed by atoms with Crippen LogP contribution in [0, 0.1) is 22.7 Å². The molecular weight excluding hydrogens is 274 g/mol. The second kappa shape index (κ2) is 5.61. The summed E-state index contributed by atoms with van der Waals surface area (Å²) in [5, 5.41) is 23.5. The first-order valence-electron chi connectivity index (χ1n) is 14.2. The van der Waals surface area contributed by atoms with Gasteiger partial charge >= 0.3 is 0 Å². The Labute approximate surface area is 154 Å². The molecule has 22 heavy (non-hydrogen) atoms. The molecule has 0 spiro atoms. The van der Waals surface area contributed by atoms with E-state index in [0.717, 1.165) is 12.1 Å². The summed E-state index contributed by atoms with van der Waals surface area (Å²) in [5.41, 5.74) is -11.3. The van der Waals surface area contributed by atoms with Crippen molar-refractivity contribution in [2.45, 2.75) is 44.8 Å². The Kier molecular flexibility index (Phi) is 1.19. The summed E-state index contributed by atoms with van der Waals surface area (Å²) in [7, 11) is 0. The van der Waals surface area contributed by atoms with E-state index in [0.29, 0.717) is 4.68 Å². The second-order valence-electron chi connectivity index (χ2n) is 4.30. The molecule has 112 valence electrons. The number of hydrogen-bond acceptors (Lipinski definition) is 4. The van der Waals surface area contributed by atoms with E-state index in [1.54, 1.807) is 0 Å². The Bertz CT molecular complexity index is 1260. The summed E-state index contributed by atoms with van der Waals surface area (Å²) in [6.07, 6.45) is -1.46. The number of rotatable bonds is 4. The molecule has 0 amide bonds. The van der Waals surface area contributed by atoms with E-state index in [1.165, 1.54) is 0 Å². The van der Waals surface area contributed by atoms with Crippen LogP contribution in [0.4, 0.5) is 0 Å². The number of nitrogens with zero attached hydrogens (tertiary/aromatic N) is 5. The molecule has 0 saturated carbocycles. The number of aromatic nitrogens is 3. The van der Waals surface area contributed by atoms with Crippen molar-refractivity contribution in [2.75, 3.05) is 0 Å². The predicted molar refractivity (Wildman–Crippen MR) is 82.8 cm³/mol. The third-order valence-corrected chi connectivity index (χ3v) is 2.58. The topological polar surface area (TPSA) is 78.3 Å². The molecule has 0 aliphatic carbocycles. The van der Waals surface area contributed by atoms with E-state index in [9.17, 15) is 10.5 Å². The monoisotopic (exact) mass is 310 g/mol. The van der Waals surface area contributed by atoms with Gasteiger partial charge in [0.05, 0.1) is 33.6 Å². The molecule has 0 fully saturated rings. The van der Waals surface area contributed by atoms with Crippen molar-refractivity contribution in [3.05, 3.63) is 47.4 Å². The highest BCUT2D eigenvalue weighted by atomic mass is 15.3. The van der Waals surface area contributed by atoms with Crippen LogP contribution >= 0.6 is 0 Å². The highest BCUT2D eigenvalue weighted by molar-refractivity contribution is 5.42. The van der Waals surface area contributed by atoms with Gasteiger partial charge in [0.2, 0.25) is 0 Å². The quantitative estimate of drug-likeness (QED) is 0.869. The first-order valence-corrected chi connectivity index (χ1v) is 5.71. The standard InChI is InChI=1S/C17H19N5/c1-16(2,9-18)14-5-13(8-22-12-20-11-21-22)6-15(7-14)17(3,4)10-19/h5-7,11-12H,8H2,1-4H3/i1D3,2D3,3D3,4D3,5D,6D,7D,11D,12D. The fourth-order valence-corrected chi connectivity index (χ4v) is 1.49. The number of benzene rings is 1. The van der Waals surface area contributed by atoms with Gasteiger partial charge in [-0.3, -0.25) is 0 Å². The Morgan fingerprint density at radius 1 is 1.14 bits per heavy atom. The van der Waals surface area contributed by atoms with Crippen LogP contribution in [0.5, 0.6) is 0 Å². The fraction of sp³-hybridized carbons (Fsp3) is 0.412. The molecule has 5 nitrogen and oxygen atoms in total. The molecule has 0 aliphatic rings. The molecule has 0 N–H and O–H groups in total. The van der Waals surface area contributed by atoms with Gasteiger partial charge in [0.25, 0.3) is 0 Å². The minimum atomic E-state index is -3.84. The maximum atomic E-state index is 9.96. The van der Waals surface area contributed by atoms with E-state index in [2.05, 4.69) is 10.1 Å². The lowest BCUT2D eigenvalue weighted by molar-refractivity contribution is 0.646. The molecule has 2 rings (SSSR count). The zero-order chi connectivity index (χ0) is 30.7. The smallest absolute Gasteiger partial charge is 0.137 e. The second-order valence-corrected chi connectivity index (χ2v) is 4.30. The maximum Gasteiger partial charge on any atom is 0.137 e. The van der Waals surface area contributed by atoms with E-state index >= 15 is 0 Å². The van der Waals surface area contributed by atoms with Crippen molar-refractivity contribution < 1.29 is 23.3 Å². The molecule has 2 aromatic rings. The molecule has 0 radical (unpaired) electrons. The summed E-state index contributed by atoms with van der Waals surface area (Å²) in [5.74, 6) is 0. The first kappa shape index (κ1) is 4.67. The van der Waals surface area contributed by atoms with Crippen molar-refractivity contribution in [3.63, 3.8) is 0 Å². The number of hydrogen-bond donors (Lipinski definition) is 0. The summed E-state index contributed by atoms with van der Waals surface area (Å²) >= 11 is 0. The zero-order valence-electron chi connectivity index (χ0n) is 27.9. The van der Waals surface area contributed by atoms with Crippen LogP contribution in [0.15, 0.2) is 30.7 Å². The highest BCUT2D eigenvalue weighted by Crippen LogP contribution is 2.30. The van der Waals surface area contributed by atoms with Gasteiger partial charge in [-0.1, -0.05) is 18.1 Å². The molecule has 0 saturated heterocycles. The Balaban J connectivity index is 3.41.